The Bertz CT molecular complexity index is 318. The van der Waals surface area contributed by atoms with Gasteiger partial charge in [0.2, 0.25) is 0 Å². The summed E-state index contributed by atoms with van der Waals surface area (Å²) in [5.74, 6) is 0.536. The van der Waals surface area contributed by atoms with Gasteiger partial charge in [-0.05, 0) is 48.4 Å². The van der Waals surface area contributed by atoms with Crippen molar-refractivity contribution in [2.45, 2.75) is 26.7 Å². The van der Waals surface area contributed by atoms with Crippen molar-refractivity contribution in [3.63, 3.8) is 0 Å². The summed E-state index contributed by atoms with van der Waals surface area (Å²) in [7, 11) is 0. The van der Waals surface area contributed by atoms with Gasteiger partial charge in [0.1, 0.15) is 5.82 Å². The second-order valence-corrected chi connectivity index (χ2v) is 5.58. The Kier molecular flexibility index (Phi) is 5.42. The van der Waals surface area contributed by atoms with Crippen molar-refractivity contribution in [1.29, 1.82) is 0 Å². The first-order valence-electron chi connectivity index (χ1n) is 5.57. The molecule has 0 spiro atoms. The summed E-state index contributed by atoms with van der Waals surface area (Å²) in [5.41, 5.74) is 0.937. The first-order valence-corrected chi connectivity index (χ1v) is 6.36. The Morgan fingerprint density at radius 3 is 2.50 bits per heavy atom. The number of aliphatic hydroxyl groups excluding tert-OH is 1. The van der Waals surface area contributed by atoms with Gasteiger partial charge < -0.3 is 5.11 Å². The highest BCUT2D eigenvalue weighted by molar-refractivity contribution is 9.10. The third-order valence-electron chi connectivity index (χ3n) is 2.51. The van der Waals surface area contributed by atoms with Crippen molar-refractivity contribution >= 4 is 15.9 Å². The third-order valence-corrected chi connectivity index (χ3v) is 2.97. The van der Waals surface area contributed by atoms with E-state index in [9.17, 15) is 9.50 Å². The van der Waals surface area contributed by atoms with Gasteiger partial charge in [0.15, 0.2) is 0 Å². The molecule has 0 amide bonds. The maximum Gasteiger partial charge on any atom is 0.124 e. The summed E-state index contributed by atoms with van der Waals surface area (Å²) in [6, 6.07) is 4.89. The monoisotopic (exact) mass is 288 g/mol. The summed E-state index contributed by atoms with van der Waals surface area (Å²) in [5, 5.41) is 9.27. The molecule has 1 aromatic rings. The Morgan fingerprint density at radius 1 is 1.31 bits per heavy atom. The summed E-state index contributed by atoms with van der Waals surface area (Å²) < 4.78 is 13.9. The molecule has 1 rings (SSSR count). The van der Waals surface area contributed by atoms with E-state index in [1.165, 1.54) is 12.1 Å². The Morgan fingerprint density at radius 2 is 2.00 bits per heavy atom. The topological polar surface area (TPSA) is 20.2 Å². The second kappa shape index (κ2) is 6.36. The van der Waals surface area contributed by atoms with Crippen LogP contribution in [0.2, 0.25) is 0 Å². The third kappa shape index (κ3) is 4.62. The van der Waals surface area contributed by atoms with Gasteiger partial charge in [-0.25, -0.2) is 4.39 Å². The molecular weight excluding hydrogens is 271 g/mol. The molecule has 1 unspecified atom stereocenters. The molecule has 3 heteroatoms. The summed E-state index contributed by atoms with van der Waals surface area (Å²) >= 11 is 3.27. The molecule has 0 aliphatic rings. The van der Waals surface area contributed by atoms with Gasteiger partial charge in [-0.1, -0.05) is 29.8 Å². The van der Waals surface area contributed by atoms with Crippen molar-refractivity contribution in [1.82, 2.24) is 0 Å². The van der Waals surface area contributed by atoms with E-state index in [1.54, 1.807) is 0 Å². The molecule has 0 aliphatic carbocycles. The van der Waals surface area contributed by atoms with Gasteiger partial charge in [-0.15, -0.1) is 0 Å². The lowest BCUT2D eigenvalue weighted by molar-refractivity contribution is 0.205. The molecule has 0 aliphatic heterocycles. The smallest absolute Gasteiger partial charge is 0.124 e. The zero-order valence-corrected chi connectivity index (χ0v) is 11.3. The number of halogens is 2. The SMILES string of the molecule is CC(C)CC(CO)Cc1cc(F)cc(Br)c1. The number of hydrogen-bond donors (Lipinski definition) is 1. The van der Waals surface area contributed by atoms with Crippen LogP contribution < -0.4 is 0 Å². The zero-order chi connectivity index (χ0) is 12.1. The summed E-state index contributed by atoms with van der Waals surface area (Å²) in [4.78, 5) is 0. The van der Waals surface area contributed by atoms with Crippen LogP contribution in [0.15, 0.2) is 22.7 Å². The number of rotatable bonds is 5. The number of aliphatic hydroxyl groups is 1. The van der Waals surface area contributed by atoms with Gasteiger partial charge in [0.25, 0.3) is 0 Å². The average molecular weight is 289 g/mol. The molecule has 1 nitrogen and oxygen atoms in total. The average Bonchev–Trinajstić information content (AvgIpc) is 2.14. The Hall–Kier alpha value is -0.410. The van der Waals surface area contributed by atoms with E-state index in [-0.39, 0.29) is 18.3 Å². The van der Waals surface area contributed by atoms with Crippen molar-refractivity contribution in [3.8, 4) is 0 Å². The van der Waals surface area contributed by atoms with Crippen molar-refractivity contribution in [3.05, 3.63) is 34.1 Å². The van der Waals surface area contributed by atoms with Crippen LogP contribution in [0.1, 0.15) is 25.8 Å². The lowest BCUT2D eigenvalue weighted by atomic mass is 9.92. The number of benzene rings is 1. The molecule has 16 heavy (non-hydrogen) atoms. The van der Waals surface area contributed by atoms with E-state index in [0.29, 0.717) is 5.92 Å². The van der Waals surface area contributed by atoms with Crippen LogP contribution in [0.25, 0.3) is 0 Å². The summed E-state index contributed by atoms with van der Waals surface area (Å²) in [6.07, 6.45) is 1.69. The molecule has 1 aromatic carbocycles. The standard InChI is InChI=1S/C13H18BrFO/c1-9(2)3-11(8-16)4-10-5-12(14)7-13(15)6-10/h5-7,9,11,16H,3-4,8H2,1-2H3. The van der Waals surface area contributed by atoms with E-state index in [1.807, 2.05) is 6.07 Å². The fourth-order valence-corrected chi connectivity index (χ4v) is 2.46. The highest BCUT2D eigenvalue weighted by Crippen LogP contribution is 2.20. The molecule has 0 saturated carbocycles. The van der Waals surface area contributed by atoms with E-state index in [0.717, 1.165) is 22.9 Å². The van der Waals surface area contributed by atoms with Crippen LogP contribution in [-0.2, 0) is 6.42 Å². The van der Waals surface area contributed by atoms with Crippen LogP contribution in [-0.4, -0.2) is 11.7 Å². The molecule has 0 heterocycles. The zero-order valence-electron chi connectivity index (χ0n) is 9.71. The minimum absolute atomic E-state index is 0.159. The second-order valence-electron chi connectivity index (χ2n) is 4.66. The minimum Gasteiger partial charge on any atom is -0.396 e. The molecular formula is C13H18BrFO. The van der Waals surface area contributed by atoms with Gasteiger partial charge in [0, 0.05) is 11.1 Å². The van der Waals surface area contributed by atoms with Crippen molar-refractivity contribution in [2.24, 2.45) is 11.8 Å². The van der Waals surface area contributed by atoms with Gasteiger partial charge >= 0.3 is 0 Å². The summed E-state index contributed by atoms with van der Waals surface area (Å²) in [6.45, 7) is 4.42. The highest BCUT2D eigenvalue weighted by atomic mass is 79.9. The Balaban J connectivity index is 2.69. The molecule has 0 bridgehead atoms. The van der Waals surface area contributed by atoms with E-state index in [4.69, 9.17) is 0 Å². The highest BCUT2D eigenvalue weighted by Gasteiger charge is 2.11. The van der Waals surface area contributed by atoms with Crippen LogP contribution in [0.4, 0.5) is 4.39 Å². The van der Waals surface area contributed by atoms with Crippen LogP contribution in [0.5, 0.6) is 0 Å². The maximum atomic E-state index is 13.2. The first-order chi connectivity index (χ1) is 7.51. The molecule has 0 fully saturated rings. The Labute approximate surface area is 105 Å². The lowest BCUT2D eigenvalue weighted by Crippen LogP contribution is -2.12. The number of hydrogen-bond acceptors (Lipinski definition) is 1. The predicted molar refractivity (Wildman–Crippen MR) is 67.8 cm³/mol. The lowest BCUT2D eigenvalue weighted by Gasteiger charge is -2.16. The normalized spacial score (nSPS) is 13.1. The molecule has 0 radical (unpaired) electrons. The molecule has 0 saturated heterocycles. The molecule has 0 aromatic heterocycles. The van der Waals surface area contributed by atoms with E-state index >= 15 is 0 Å². The van der Waals surface area contributed by atoms with Crippen molar-refractivity contribution in [2.75, 3.05) is 6.61 Å². The van der Waals surface area contributed by atoms with Gasteiger partial charge in [-0.3, -0.25) is 0 Å². The van der Waals surface area contributed by atoms with Crippen LogP contribution >= 0.6 is 15.9 Å². The maximum absolute atomic E-state index is 13.2. The fourth-order valence-electron chi connectivity index (χ4n) is 1.95. The minimum atomic E-state index is -0.231. The predicted octanol–water partition coefficient (Wildman–Crippen LogP) is 3.79. The van der Waals surface area contributed by atoms with E-state index in [2.05, 4.69) is 29.8 Å². The van der Waals surface area contributed by atoms with Gasteiger partial charge in [0.05, 0.1) is 0 Å². The molecule has 1 atom stereocenters. The first kappa shape index (κ1) is 13.7. The van der Waals surface area contributed by atoms with E-state index < -0.39 is 0 Å². The van der Waals surface area contributed by atoms with Crippen molar-refractivity contribution < 1.29 is 9.50 Å². The quantitative estimate of drug-likeness (QED) is 0.874. The van der Waals surface area contributed by atoms with Crippen LogP contribution in [0.3, 0.4) is 0 Å². The van der Waals surface area contributed by atoms with Crippen LogP contribution in [0, 0.1) is 17.7 Å². The van der Waals surface area contributed by atoms with Gasteiger partial charge in [-0.2, -0.15) is 0 Å². The fraction of sp³-hybridized carbons (Fsp3) is 0.538. The largest absolute Gasteiger partial charge is 0.396 e. The molecule has 1 N–H and O–H groups in total. The molecule has 90 valence electrons.